The third-order valence-corrected chi connectivity index (χ3v) is 6.49. The van der Waals surface area contributed by atoms with Crippen LogP contribution in [0.2, 0.25) is 0 Å². The van der Waals surface area contributed by atoms with Crippen LogP contribution in [-0.2, 0) is 12.2 Å². The molecule has 1 fully saturated rings. The number of ether oxygens (including phenoxy) is 1. The number of pyridine rings is 1. The van der Waals surface area contributed by atoms with Gasteiger partial charge in [-0.2, -0.15) is 0 Å². The van der Waals surface area contributed by atoms with E-state index in [0.29, 0.717) is 18.3 Å². The van der Waals surface area contributed by atoms with E-state index in [9.17, 15) is 5.11 Å². The lowest BCUT2D eigenvalue weighted by atomic mass is 9.62. The molecule has 2 aromatic carbocycles. The fourth-order valence-corrected chi connectivity index (χ4v) is 4.78. The van der Waals surface area contributed by atoms with Crippen molar-refractivity contribution < 1.29 is 9.84 Å². The lowest BCUT2D eigenvalue weighted by molar-refractivity contribution is -0.127. The fraction of sp³-hybridized carbons (Fsp3) is 0.370. The molecule has 1 aliphatic heterocycles. The van der Waals surface area contributed by atoms with Crippen LogP contribution >= 0.6 is 0 Å². The van der Waals surface area contributed by atoms with Crippen molar-refractivity contribution in [1.29, 1.82) is 0 Å². The van der Waals surface area contributed by atoms with Gasteiger partial charge in [-0.1, -0.05) is 75.4 Å². The van der Waals surface area contributed by atoms with Crippen LogP contribution in [0.4, 0.5) is 0 Å². The molecule has 0 saturated carbocycles. The molecule has 0 unspecified atom stereocenters. The Hall–Kier alpha value is -2.69. The molecular weight excluding hydrogens is 384 g/mol. The van der Waals surface area contributed by atoms with Gasteiger partial charge in [-0.15, -0.1) is 0 Å². The van der Waals surface area contributed by atoms with Crippen molar-refractivity contribution in [2.24, 2.45) is 5.41 Å². The maximum Gasteiger partial charge on any atom is 0.138 e. The predicted octanol–water partition coefficient (Wildman–Crippen LogP) is 4.97. The molecule has 4 heteroatoms. The highest BCUT2D eigenvalue weighted by molar-refractivity contribution is 5.43. The zero-order valence-electron chi connectivity index (χ0n) is 18.9. The second-order valence-electron chi connectivity index (χ2n) is 9.40. The van der Waals surface area contributed by atoms with Crippen molar-refractivity contribution in [1.82, 2.24) is 9.88 Å². The summed E-state index contributed by atoms with van der Waals surface area (Å²) in [6.07, 6.45) is 3.49. The summed E-state index contributed by atoms with van der Waals surface area (Å²) >= 11 is 0. The van der Waals surface area contributed by atoms with Crippen molar-refractivity contribution in [2.45, 2.75) is 38.9 Å². The van der Waals surface area contributed by atoms with Crippen molar-refractivity contribution in [3.63, 3.8) is 0 Å². The molecule has 2 heterocycles. The number of rotatable bonds is 7. The molecule has 1 aliphatic rings. The van der Waals surface area contributed by atoms with Crippen molar-refractivity contribution in [3.05, 3.63) is 95.3 Å². The van der Waals surface area contributed by atoms with Gasteiger partial charge in [-0.3, -0.25) is 4.98 Å². The summed E-state index contributed by atoms with van der Waals surface area (Å²) in [7, 11) is 2.08. The highest BCUT2D eigenvalue weighted by atomic mass is 16.5. The smallest absolute Gasteiger partial charge is 0.138 e. The van der Waals surface area contributed by atoms with Crippen LogP contribution in [0.1, 0.15) is 48.9 Å². The normalized spacial score (nSPS) is 17.7. The molecule has 0 spiro atoms. The Morgan fingerprint density at radius 1 is 1.03 bits per heavy atom. The van der Waals surface area contributed by atoms with E-state index in [1.54, 1.807) is 12.4 Å². The molecule has 1 N–H and O–H groups in total. The summed E-state index contributed by atoms with van der Waals surface area (Å²) in [5, 5.41) is 12.3. The molecule has 1 aromatic heterocycles. The van der Waals surface area contributed by atoms with E-state index >= 15 is 0 Å². The first-order valence-corrected chi connectivity index (χ1v) is 11.0. The Labute approximate surface area is 185 Å². The molecule has 0 aliphatic carbocycles. The number of benzene rings is 2. The topological polar surface area (TPSA) is 45.6 Å². The van der Waals surface area contributed by atoms with Gasteiger partial charge in [0, 0.05) is 30.3 Å². The van der Waals surface area contributed by atoms with E-state index in [1.807, 2.05) is 36.4 Å². The second-order valence-corrected chi connectivity index (χ2v) is 9.40. The van der Waals surface area contributed by atoms with E-state index in [1.165, 1.54) is 5.56 Å². The van der Waals surface area contributed by atoms with E-state index in [2.05, 4.69) is 62.0 Å². The van der Waals surface area contributed by atoms with Crippen molar-refractivity contribution in [3.8, 4) is 5.75 Å². The first-order chi connectivity index (χ1) is 14.8. The number of likely N-dealkylation sites (tertiary alicyclic amines) is 1. The summed E-state index contributed by atoms with van der Waals surface area (Å²) in [5.74, 6) is 1.11. The molecule has 1 atom stereocenters. The van der Waals surface area contributed by atoms with Crippen LogP contribution in [0.3, 0.4) is 0 Å². The van der Waals surface area contributed by atoms with E-state index in [0.717, 1.165) is 29.8 Å². The Morgan fingerprint density at radius 2 is 1.71 bits per heavy atom. The summed E-state index contributed by atoms with van der Waals surface area (Å²) in [6, 6.07) is 20.4. The molecular formula is C27H32N2O2. The first-order valence-electron chi connectivity index (χ1n) is 11.0. The highest BCUT2D eigenvalue weighted by Gasteiger charge is 2.55. The molecule has 0 bridgehead atoms. The third kappa shape index (κ3) is 4.10. The monoisotopic (exact) mass is 416 g/mol. The van der Waals surface area contributed by atoms with Gasteiger partial charge in [0.2, 0.25) is 0 Å². The minimum atomic E-state index is -1.16. The molecule has 162 valence electrons. The largest absolute Gasteiger partial charge is 0.487 e. The lowest BCUT2D eigenvalue weighted by Gasteiger charge is -2.55. The Balaban J connectivity index is 1.69. The second kappa shape index (κ2) is 8.45. The Morgan fingerprint density at radius 3 is 2.32 bits per heavy atom. The van der Waals surface area contributed by atoms with Gasteiger partial charge in [0.15, 0.2) is 0 Å². The summed E-state index contributed by atoms with van der Waals surface area (Å²) in [6.45, 7) is 8.60. The summed E-state index contributed by atoms with van der Waals surface area (Å²) in [5.41, 5.74) is 2.55. The van der Waals surface area contributed by atoms with Gasteiger partial charge in [0.25, 0.3) is 0 Å². The van der Waals surface area contributed by atoms with Crippen LogP contribution in [0, 0.1) is 5.41 Å². The van der Waals surface area contributed by atoms with Crippen LogP contribution in [-0.4, -0.2) is 35.1 Å². The maximum atomic E-state index is 12.3. The number of aliphatic hydroxyl groups is 1. The molecule has 4 nitrogen and oxygen atoms in total. The van der Waals surface area contributed by atoms with Crippen LogP contribution in [0.5, 0.6) is 5.75 Å². The van der Waals surface area contributed by atoms with Gasteiger partial charge in [-0.05, 0) is 35.7 Å². The third-order valence-electron chi connectivity index (χ3n) is 6.49. The van der Waals surface area contributed by atoms with Crippen molar-refractivity contribution >= 4 is 0 Å². The average Bonchev–Trinajstić information content (AvgIpc) is 2.77. The minimum Gasteiger partial charge on any atom is -0.487 e. The van der Waals surface area contributed by atoms with Crippen LogP contribution < -0.4 is 4.74 Å². The SMILES string of the molecule is CC(C)c1ccc([C@](O)(c2cncc(OCc3ccccc3)c2)C2(C)CN(C)C2)cc1. The zero-order chi connectivity index (χ0) is 22.1. The highest BCUT2D eigenvalue weighted by Crippen LogP contribution is 2.50. The molecule has 0 amide bonds. The van der Waals surface area contributed by atoms with Gasteiger partial charge in [0.1, 0.15) is 18.0 Å². The maximum absolute atomic E-state index is 12.3. The quantitative estimate of drug-likeness (QED) is 0.591. The van der Waals surface area contributed by atoms with Gasteiger partial charge in [-0.25, -0.2) is 0 Å². The van der Waals surface area contributed by atoms with Gasteiger partial charge in [0.05, 0.1) is 6.20 Å². The number of aromatic nitrogens is 1. The molecule has 3 aromatic rings. The lowest BCUT2D eigenvalue weighted by Crippen LogP contribution is -2.63. The average molecular weight is 417 g/mol. The summed E-state index contributed by atoms with van der Waals surface area (Å²) < 4.78 is 6.02. The number of hydrogen-bond acceptors (Lipinski definition) is 4. The van der Waals surface area contributed by atoms with Crippen molar-refractivity contribution in [2.75, 3.05) is 20.1 Å². The predicted molar refractivity (Wildman–Crippen MR) is 124 cm³/mol. The molecule has 4 rings (SSSR count). The fourth-order valence-electron chi connectivity index (χ4n) is 4.78. The summed E-state index contributed by atoms with van der Waals surface area (Å²) in [4.78, 5) is 6.66. The Kier molecular flexibility index (Phi) is 5.87. The standard InChI is InChI=1S/C27H32N2O2/c1-20(2)22-10-12-23(13-11-22)27(30,26(3)18-29(4)19-26)24-14-25(16-28-15-24)31-17-21-8-6-5-7-9-21/h5-16,20,30H,17-19H2,1-4H3/t27-/m0/s1. The van der Waals surface area contributed by atoms with Crippen LogP contribution in [0.15, 0.2) is 73.1 Å². The first kappa shape index (κ1) is 21.5. The molecule has 0 radical (unpaired) electrons. The number of nitrogens with zero attached hydrogens (tertiary/aromatic N) is 2. The number of hydrogen-bond donors (Lipinski definition) is 1. The minimum absolute atomic E-state index is 0.319. The van der Waals surface area contributed by atoms with Crippen LogP contribution in [0.25, 0.3) is 0 Å². The van der Waals surface area contributed by atoms with Gasteiger partial charge < -0.3 is 14.7 Å². The Bertz CT molecular complexity index is 1010. The van der Waals surface area contributed by atoms with E-state index in [4.69, 9.17) is 4.74 Å². The molecule has 31 heavy (non-hydrogen) atoms. The zero-order valence-corrected chi connectivity index (χ0v) is 18.9. The van der Waals surface area contributed by atoms with E-state index < -0.39 is 5.60 Å². The van der Waals surface area contributed by atoms with E-state index in [-0.39, 0.29) is 5.41 Å². The molecule has 1 saturated heterocycles. The van der Waals surface area contributed by atoms with Gasteiger partial charge >= 0.3 is 0 Å².